The van der Waals surface area contributed by atoms with Crippen LogP contribution in [-0.4, -0.2) is 38.1 Å². The Balaban J connectivity index is 2.62. The lowest BCUT2D eigenvalue weighted by Crippen LogP contribution is -2.30. The molecule has 1 rings (SSSR count). The first-order chi connectivity index (χ1) is 9.06. The Hall–Kier alpha value is -1.77. The molecular formula is C13H16ClN3O2. The third-order valence-electron chi connectivity index (χ3n) is 2.45. The lowest BCUT2D eigenvalue weighted by molar-refractivity contribution is -0.117. The second-order valence-electron chi connectivity index (χ2n) is 4.04. The molecule has 0 fully saturated rings. The van der Waals surface area contributed by atoms with Gasteiger partial charge in [-0.25, -0.2) is 0 Å². The Morgan fingerprint density at radius 2 is 2.32 bits per heavy atom. The molecule has 0 saturated heterocycles. The number of rotatable bonds is 6. The van der Waals surface area contributed by atoms with E-state index in [0.29, 0.717) is 29.4 Å². The van der Waals surface area contributed by atoms with Crippen molar-refractivity contribution in [2.75, 3.05) is 32.6 Å². The summed E-state index contributed by atoms with van der Waals surface area (Å²) in [4.78, 5) is 13.6. The van der Waals surface area contributed by atoms with Crippen molar-refractivity contribution in [3.8, 4) is 11.8 Å². The number of likely N-dealkylation sites (N-methyl/N-ethyl adjacent to an activating group) is 1. The number of carbonyl (C=O) groups excluding carboxylic acids is 1. The van der Waals surface area contributed by atoms with Crippen LogP contribution >= 0.6 is 11.6 Å². The average molecular weight is 282 g/mol. The normalized spacial score (nSPS) is 10.1. The largest absolute Gasteiger partial charge is 0.495 e. The van der Waals surface area contributed by atoms with Crippen LogP contribution in [0.15, 0.2) is 18.2 Å². The Kier molecular flexibility index (Phi) is 6.13. The number of hydrogen-bond acceptors (Lipinski definition) is 4. The number of nitrogens with zero attached hydrogens (tertiary/aromatic N) is 2. The van der Waals surface area contributed by atoms with E-state index in [1.165, 1.54) is 7.11 Å². The van der Waals surface area contributed by atoms with E-state index >= 15 is 0 Å². The lowest BCUT2D eigenvalue weighted by Gasteiger charge is -2.15. The van der Waals surface area contributed by atoms with Crippen LogP contribution in [0.5, 0.6) is 5.75 Å². The Morgan fingerprint density at radius 1 is 1.58 bits per heavy atom. The van der Waals surface area contributed by atoms with Gasteiger partial charge in [0.25, 0.3) is 0 Å². The summed E-state index contributed by atoms with van der Waals surface area (Å²) in [6.07, 6.45) is 0.393. The second-order valence-corrected chi connectivity index (χ2v) is 4.48. The van der Waals surface area contributed by atoms with Gasteiger partial charge in [-0.2, -0.15) is 5.26 Å². The number of halogens is 1. The van der Waals surface area contributed by atoms with Gasteiger partial charge in [0.1, 0.15) is 5.75 Å². The van der Waals surface area contributed by atoms with Crippen molar-refractivity contribution in [2.45, 2.75) is 6.42 Å². The van der Waals surface area contributed by atoms with Crippen LogP contribution < -0.4 is 10.1 Å². The van der Waals surface area contributed by atoms with Crippen LogP contribution in [0.1, 0.15) is 6.42 Å². The van der Waals surface area contributed by atoms with Gasteiger partial charge in [-0.3, -0.25) is 9.69 Å². The molecule has 102 valence electrons. The first kappa shape index (κ1) is 15.3. The summed E-state index contributed by atoms with van der Waals surface area (Å²) < 4.78 is 5.14. The van der Waals surface area contributed by atoms with E-state index in [1.54, 1.807) is 30.1 Å². The molecule has 0 heterocycles. The highest BCUT2D eigenvalue weighted by Gasteiger charge is 2.10. The number of ether oxygens (including phenoxy) is 1. The summed E-state index contributed by atoms with van der Waals surface area (Å²) in [5.74, 6) is 0.374. The predicted octanol–water partition coefficient (Wildman–Crippen LogP) is 2.13. The minimum atomic E-state index is -0.180. The van der Waals surface area contributed by atoms with E-state index in [-0.39, 0.29) is 12.5 Å². The quantitative estimate of drug-likeness (QED) is 0.867. The molecule has 0 unspecified atom stereocenters. The lowest BCUT2D eigenvalue weighted by atomic mass is 10.3. The van der Waals surface area contributed by atoms with Gasteiger partial charge in [-0.1, -0.05) is 11.6 Å². The smallest absolute Gasteiger partial charge is 0.238 e. The summed E-state index contributed by atoms with van der Waals surface area (Å²) in [5.41, 5.74) is 0.536. The number of amides is 1. The van der Waals surface area contributed by atoms with Crippen LogP contribution in [0.25, 0.3) is 0 Å². The Morgan fingerprint density at radius 3 is 2.95 bits per heavy atom. The number of anilines is 1. The van der Waals surface area contributed by atoms with Crippen molar-refractivity contribution in [3.05, 3.63) is 23.2 Å². The fourth-order valence-electron chi connectivity index (χ4n) is 1.53. The van der Waals surface area contributed by atoms with E-state index in [9.17, 15) is 4.79 Å². The van der Waals surface area contributed by atoms with E-state index in [0.717, 1.165) is 0 Å². The van der Waals surface area contributed by atoms with E-state index in [4.69, 9.17) is 21.6 Å². The topological polar surface area (TPSA) is 65.4 Å². The molecule has 0 spiro atoms. The highest BCUT2D eigenvalue weighted by Crippen LogP contribution is 2.27. The summed E-state index contributed by atoms with van der Waals surface area (Å²) in [5, 5.41) is 11.7. The molecule has 0 aromatic heterocycles. The van der Waals surface area contributed by atoms with Crippen LogP contribution in [0.2, 0.25) is 5.02 Å². The maximum Gasteiger partial charge on any atom is 0.238 e. The molecule has 5 nitrogen and oxygen atoms in total. The van der Waals surface area contributed by atoms with Crippen molar-refractivity contribution < 1.29 is 9.53 Å². The number of carbonyl (C=O) groups is 1. The van der Waals surface area contributed by atoms with E-state index in [1.807, 2.05) is 6.07 Å². The first-order valence-corrected chi connectivity index (χ1v) is 6.13. The van der Waals surface area contributed by atoms with Crippen molar-refractivity contribution in [2.24, 2.45) is 0 Å². The van der Waals surface area contributed by atoms with Gasteiger partial charge in [0.05, 0.1) is 25.4 Å². The van der Waals surface area contributed by atoms with Crippen molar-refractivity contribution >= 4 is 23.2 Å². The number of hydrogen-bond donors (Lipinski definition) is 1. The molecular weight excluding hydrogens is 266 g/mol. The zero-order chi connectivity index (χ0) is 14.3. The third kappa shape index (κ3) is 5.16. The third-order valence-corrected chi connectivity index (χ3v) is 2.69. The van der Waals surface area contributed by atoms with E-state index < -0.39 is 0 Å². The number of nitriles is 1. The minimum absolute atomic E-state index is 0.180. The molecule has 19 heavy (non-hydrogen) atoms. The summed E-state index contributed by atoms with van der Waals surface area (Å²) in [7, 11) is 3.31. The van der Waals surface area contributed by atoms with E-state index in [2.05, 4.69) is 5.32 Å². The highest BCUT2D eigenvalue weighted by atomic mass is 35.5. The van der Waals surface area contributed by atoms with Crippen molar-refractivity contribution in [3.63, 3.8) is 0 Å². The number of benzene rings is 1. The fourth-order valence-corrected chi connectivity index (χ4v) is 1.70. The molecule has 0 saturated carbocycles. The van der Waals surface area contributed by atoms with Gasteiger partial charge in [0, 0.05) is 18.0 Å². The van der Waals surface area contributed by atoms with Crippen LogP contribution in [0.4, 0.5) is 5.69 Å². The van der Waals surface area contributed by atoms with Crippen LogP contribution in [0, 0.1) is 11.3 Å². The molecule has 0 bridgehead atoms. The second kappa shape index (κ2) is 7.62. The highest BCUT2D eigenvalue weighted by molar-refractivity contribution is 6.31. The zero-order valence-corrected chi connectivity index (χ0v) is 11.7. The van der Waals surface area contributed by atoms with Gasteiger partial charge < -0.3 is 10.1 Å². The molecule has 0 radical (unpaired) electrons. The fraction of sp³-hybridized carbons (Fsp3) is 0.385. The average Bonchev–Trinajstić information content (AvgIpc) is 2.36. The predicted molar refractivity (Wildman–Crippen MR) is 74.4 cm³/mol. The monoisotopic (exact) mass is 281 g/mol. The molecule has 0 aliphatic carbocycles. The summed E-state index contributed by atoms with van der Waals surface area (Å²) >= 11 is 5.88. The van der Waals surface area contributed by atoms with Gasteiger partial charge >= 0.3 is 0 Å². The van der Waals surface area contributed by atoms with Gasteiger partial charge in [0.15, 0.2) is 0 Å². The number of methoxy groups -OCH3 is 1. The molecule has 1 amide bonds. The van der Waals surface area contributed by atoms with Gasteiger partial charge in [-0.15, -0.1) is 0 Å². The molecule has 0 aliphatic rings. The molecule has 6 heteroatoms. The van der Waals surface area contributed by atoms with Crippen molar-refractivity contribution in [1.82, 2.24) is 4.90 Å². The number of nitrogens with one attached hydrogen (secondary N) is 1. The molecule has 0 atom stereocenters. The summed E-state index contributed by atoms with van der Waals surface area (Å²) in [6.45, 7) is 0.758. The first-order valence-electron chi connectivity index (χ1n) is 5.75. The van der Waals surface area contributed by atoms with Gasteiger partial charge in [0.2, 0.25) is 5.91 Å². The maximum absolute atomic E-state index is 11.8. The zero-order valence-electron chi connectivity index (χ0n) is 10.9. The van der Waals surface area contributed by atoms with Crippen molar-refractivity contribution in [1.29, 1.82) is 5.26 Å². The summed E-state index contributed by atoms with van der Waals surface area (Å²) in [6, 6.07) is 7.05. The Labute approximate surface area is 117 Å². The van der Waals surface area contributed by atoms with Crippen LogP contribution in [0.3, 0.4) is 0 Å². The molecule has 1 N–H and O–H groups in total. The molecule has 1 aromatic rings. The SMILES string of the molecule is COc1ccc(Cl)cc1NC(=O)CN(C)CCC#N. The Bertz CT molecular complexity index is 485. The standard InChI is InChI=1S/C13H16ClN3O2/c1-17(7-3-6-15)9-13(18)16-11-8-10(14)4-5-12(11)19-2/h4-5,8H,3,7,9H2,1-2H3,(H,16,18). The minimum Gasteiger partial charge on any atom is -0.495 e. The molecule has 1 aromatic carbocycles. The maximum atomic E-state index is 11.8. The van der Waals surface area contributed by atoms with Gasteiger partial charge in [-0.05, 0) is 25.2 Å². The molecule has 0 aliphatic heterocycles. The van der Waals surface area contributed by atoms with Crippen LogP contribution in [-0.2, 0) is 4.79 Å².